The standard InChI is InChI=1S/C18H17FN4O2/c1-22-8-6-13(11-15(22)24)18(25)21-16(17-20-7-9-23(17)2)12-4-3-5-14(19)10-12/h3-11,16H,1-2H3,(H,21,25)/t16-/m0/s1. The number of halogens is 1. The first-order chi connectivity index (χ1) is 12.0. The minimum absolute atomic E-state index is 0.235. The van der Waals surface area contributed by atoms with E-state index in [0.717, 1.165) is 0 Å². The van der Waals surface area contributed by atoms with Gasteiger partial charge in [-0.3, -0.25) is 9.59 Å². The third-order valence-corrected chi connectivity index (χ3v) is 3.94. The van der Waals surface area contributed by atoms with Crippen molar-refractivity contribution < 1.29 is 9.18 Å². The molecule has 0 unspecified atom stereocenters. The number of aromatic nitrogens is 3. The van der Waals surface area contributed by atoms with Gasteiger partial charge in [-0.2, -0.15) is 0 Å². The zero-order valence-corrected chi connectivity index (χ0v) is 13.8. The number of carbonyl (C=O) groups is 1. The van der Waals surface area contributed by atoms with Crippen LogP contribution in [0.25, 0.3) is 0 Å². The number of hydrogen-bond donors (Lipinski definition) is 1. The fourth-order valence-corrected chi connectivity index (χ4v) is 2.54. The van der Waals surface area contributed by atoms with Crippen LogP contribution >= 0.6 is 0 Å². The number of pyridine rings is 1. The van der Waals surface area contributed by atoms with Crippen molar-refractivity contribution in [1.29, 1.82) is 0 Å². The van der Waals surface area contributed by atoms with Gasteiger partial charge in [0.2, 0.25) is 0 Å². The minimum Gasteiger partial charge on any atom is -0.338 e. The van der Waals surface area contributed by atoms with Crippen LogP contribution < -0.4 is 10.9 Å². The summed E-state index contributed by atoms with van der Waals surface area (Å²) in [6, 6.07) is 8.14. The second-order valence-corrected chi connectivity index (χ2v) is 5.72. The molecule has 128 valence electrons. The summed E-state index contributed by atoms with van der Waals surface area (Å²) in [5.74, 6) is -0.280. The molecule has 1 amide bonds. The van der Waals surface area contributed by atoms with Crippen molar-refractivity contribution in [1.82, 2.24) is 19.4 Å². The number of imidazole rings is 1. The lowest BCUT2D eigenvalue weighted by molar-refractivity contribution is 0.0940. The van der Waals surface area contributed by atoms with Gasteiger partial charge in [-0.15, -0.1) is 0 Å². The Balaban J connectivity index is 1.98. The molecule has 6 nitrogen and oxygen atoms in total. The molecule has 0 saturated carbocycles. The molecule has 0 aliphatic heterocycles. The Morgan fingerprint density at radius 2 is 1.96 bits per heavy atom. The number of aryl methyl sites for hydroxylation is 2. The maximum absolute atomic E-state index is 13.6. The average molecular weight is 340 g/mol. The van der Waals surface area contributed by atoms with Gasteiger partial charge in [0.1, 0.15) is 17.7 Å². The van der Waals surface area contributed by atoms with Crippen molar-refractivity contribution in [3.63, 3.8) is 0 Å². The Morgan fingerprint density at radius 1 is 1.16 bits per heavy atom. The van der Waals surface area contributed by atoms with Gasteiger partial charge in [0.05, 0.1) is 0 Å². The van der Waals surface area contributed by atoms with Crippen LogP contribution in [0.15, 0.2) is 59.8 Å². The summed E-state index contributed by atoms with van der Waals surface area (Å²) >= 11 is 0. The molecular weight excluding hydrogens is 323 g/mol. The zero-order valence-electron chi connectivity index (χ0n) is 13.8. The van der Waals surface area contributed by atoms with E-state index in [0.29, 0.717) is 11.4 Å². The molecule has 0 saturated heterocycles. The van der Waals surface area contributed by atoms with E-state index >= 15 is 0 Å². The average Bonchev–Trinajstić information content (AvgIpc) is 3.00. The monoisotopic (exact) mass is 340 g/mol. The van der Waals surface area contributed by atoms with Crippen LogP contribution in [0, 0.1) is 5.82 Å². The molecule has 0 fully saturated rings. The maximum atomic E-state index is 13.6. The number of nitrogens with zero attached hydrogens (tertiary/aromatic N) is 3. The summed E-state index contributed by atoms with van der Waals surface area (Å²) in [4.78, 5) is 28.6. The molecule has 0 bridgehead atoms. The Bertz CT molecular complexity index is 977. The summed E-state index contributed by atoms with van der Waals surface area (Å²) in [5.41, 5.74) is 0.511. The van der Waals surface area contributed by atoms with E-state index in [-0.39, 0.29) is 11.1 Å². The van der Waals surface area contributed by atoms with E-state index in [1.165, 1.54) is 29.0 Å². The predicted molar refractivity (Wildman–Crippen MR) is 90.6 cm³/mol. The van der Waals surface area contributed by atoms with Gasteiger partial charge in [-0.1, -0.05) is 12.1 Å². The van der Waals surface area contributed by atoms with Crippen molar-refractivity contribution in [3.05, 3.63) is 88.1 Å². The molecule has 1 N–H and O–H groups in total. The van der Waals surface area contributed by atoms with Gasteiger partial charge in [-0.25, -0.2) is 9.37 Å². The lowest BCUT2D eigenvalue weighted by Gasteiger charge is -2.19. The van der Waals surface area contributed by atoms with E-state index in [1.807, 2.05) is 0 Å². The smallest absolute Gasteiger partial charge is 0.252 e. The molecule has 3 aromatic rings. The Kier molecular flexibility index (Phi) is 4.47. The fourth-order valence-electron chi connectivity index (χ4n) is 2.54. The number of nitrogens with one attached hydrogen (secondary N) is 1. The van der Waals surface area contributed by atoms with Crippen LogP contribution in [0.4, 0.5) is 4.39 Å². The second kappa shape index (κ2) is 6.72. The summed E-state index contributed by atoms with van der Waals surface area (Å²) in [6.45, 7) is 0. The largest absolute Gasteiger partial charge is 0.338 e. The van der Waals surface area contributed by atoms with Crippen LogP contribution in [0.5, 0.6) is 0 Å². The van der Waals surface area contributed by atoms with Gasteiger partial charge in [0.25, 0.3) is 11.5 Å². The Morgan fingerprint density at radius 3 is 2.60 bits per heavy atom. The van der Waals surface area contributed by atoms with Crippen LogP contribution in [0.3, 0.4) is 0 Å². The van der Waals surface area contributed by atoms with Crippen LogP contribution in [-0.2, 0) is 14.1 Å². The number of hydrogen-bond acceptors (Lipinski definition) is 3. The quantitative estimate of drug-likeness (QED) is 0.787. The van der Waals surface area contributed by atoms with Gasteiger partial charge >= 0.3 is 0 Å². The molecule has 25 heavy (non-hydrogen) atoms. The van der Waals surface area contributed by atoms with Crippen molar-refractivity contribution in [2.24, 2.45) is 14.1 Å². The molecule has 0 radical (unpaired) electrons. The highest BCUT2D eigenvalue weighted by Crippen LogP contribution is 2.21. The summed E-state index contributed by atoms with van der Waals surface area (Å²) < 4.78 is 16.8. The number of amides is 1. The first-order valence-corrected chi connectivity index (χ1v) is 7.66. The summed E-state index contributed by atoms with van der Waals surface area (Å²) in [7, 11) is 3.40. The van der Waals surface area contributed by atoms with Crippen molar-refractivity contribution in [3.8, 4) is 0 Å². The lowest BCUT2D eigenvalue weighted by Crippen LogP contribution is -2.32. The second-order valence-electron chi connectivity index (χ2n) is 5.72. The van der Waals surface area contributed by atoms with Gasteiger partial charge in [0.15, 0.2) is 0 Å². The van der Waals surface area contributed by atoms with E-state index < -0.39 is 17.8 Å². The number of carbonyl (C=O) groups excluding carboxylic acids is 1. The molecule has 0 aliphatic carbocycles. The first-order valence-electron chi connectivity index (χ1n) is 7.66. The van der Waals surface area contributed by atoms with Crippen LogP contribution in [0.1, 0.15) is 27.8 Å². The van der Waals surface area contributed by atoms with E-state index in [1.54, 1.807) is 49.3 Å². The molecule has 7 heteroatoms. The molecule has 2 heterocycles. The zero-order chi connectivity index (χ0) is 18.0. The van der Waals surface area contributed by atoms with Crippen molar-refractivity contribution >= 4 is 5.91 Å². The van der Waals surface area contributed by atoms with Crippen LogP contribution in [-0.4, -0.2) is 20.0 Å². The van der Waals surface area contributed by atoms with Crippen molar-refractivity contribution in [2.75, 3.05) is 0 Å². The van der Waals surface area contributed by atoms with Gasteiger partial charge in [0, 0.05) is 44.3 Å². The van der Waals surface area contributed by atoms with Crippen LogP contribution in [0.2, 0.25) is 0 Å². The third kappa shape index (κ3) is 3.50. The molecule has 1 aromatic carbocycles. The van der Waals surface area contributed by atoms with E-state index in [2.05, 4.69) is 10.3 Å². The first kappa shape index (κ1) is 16.6. The van der Waals surface area contributed by atoms with E-state index in [4.69, 9.17) is 0 Å². The highest BCUT2D eigenvalue weighted by Gasteiger charge is 2.22. The lowest BCUT2D eigenvalue weighted by atomic mass is 10.1. The fraction of sp³-hybridized carbons (Fsp3) is 0.167. The normalized spacial score (nSPS) is 12.0. The molecule has 2 aromatic heterocycles. The Labute approximate surface area is 143 Å². The Hall–Kier alpha value is -3.22. The van der Waals surface area contributed by atoms with Gasteiger partial charge < -0.3 is 14.5 Å². The van der Waals surface area contributed by atoms with E-state index in [9.17, 15) is 14.0 Å². The minimum atomic E-state index is -0.646. The molecular formula is C18H17FN4O2. The number of rotatable bonds is 4. The number of benzene rings is 1. The predicted octanol–water partition coefficient (Wildman–Crippen LogP) is 1.78. The molecule has 0 aliphatic rings. The highest BCUT2D eigenvalue weighted by atomic mass is 19.1. The third-order valence-electron chi connectivity index (χ3n) is 3.94. The molecule has 1 atom stereocenters. The molecule has 0 spiro atoms. The maximum Gasteiger partial charge on any atom is 0.252 e. The summed E-state index contributed by atoms with van der Waals surface area (Å²) in [6.07, 6.45) is 4.87. The van der Waals surface area contributed by atoms with Crippen molar-refractivity contribution in [2.45, 2.75) is 6.04 Å². The highest BCUT2D eigenvalue weighted by molar-refractivity contribution is 5.94. The topological polar surface area (TPSA) is 68.9 Å². The molecule has 3 rings (SSSR count). The van der Waals surface area contributed by atoms with Gasteiger partial charge in [-0.05, 0) is 23.8 Å². The SMILES string of the molecule is Cn1ccnc1[C@@H](NC(=O)c1ccn(C)c(=O)c1)c1cccc(F)c1. The summed E-state index contributed by atoms with van der Waals surface area (Å²) in [5, 5.41) is 2.83.